The molecule has 1 N–H and O–H groups in total. The molecule has 2 heterocycles. The van der Waals surface area contributed by atoms with Crippen molar-refractivity contribution < 1.29 is 35.1 Å². The normalized spacial score (nSPS) is 12.6. The van der Waals surface area contributed by atoms with Crippen molar-refractivity contribution in [2.24, 2.45) is 0 Å². The lowest BCUT2D eigenvalue weighted by atomic mass is 10.3. The van der Waals surface area contributed by atoms with Crippen LogP contribution in [-0.2, 0) is 22.2 Å². The SMILES string of the molecule is O=S(=O)(O)C[n+]1ccc(-c2nc(C(F)(F)F)co2)cc1. The lowest BCUT2D eigenvalue weighted by molar-refractivity contribution is -0.678. The number of nitrogens with zero attached hydrogens (tertiary/aromatic N) is 2. The van der Waals surface area contributed by atoms with Crippen molar-refractivity contribution in [2.45, 2.75) is 12.1 Å². The third kappa shape index (κ3) is 3.54. The summed E-state index contributed by atoms with van der Waals surface area (Å²) >= 11 is 0. The van der Waals surface area contributed by atoms with E-state index in [1.54, 1.807) is 0 Å². The quantitative estimate of drug-likeness (QED) is 0.686. The first-order valence-electron chi connectivity index (χ1n) is 5.12. The highest BCUT2D eigenvalue weighted by molar-refractivity contribution is 7.84. The summed E-state index contributed by atoms with van der Waals surface area (Å²) in [5.74, 6) is -0.900. The monoisotopic (exact) mass is 309 g/mol. The molecule has 6 nitrogen and oxygen atoms in total. The van der Waals surface area contributed by atoms with Crippen LogP contribution in [0, 0.1) is 0 Å². The van der Waals surface area contributed by atoms with Gasteiger partial charge in [-0.05, 0) is 0 Å². The zero-order valence-corrected chi connectivity index (χ0v) is 10.5. The van der Waals surface area contributed by atoms with Gasteiger partial charge in [-0.15, -0.1) is 0 Å². The predicted octanol–water partition coefficient (Wildman–Crippen LogP) is 1.49. The number of pyridine rings is 1. The molecule has 0 radical (unpaired) electrons. The first-order chi connectivity index (χ1) is 9.15. The lowest BCUT2D eigenvalue weighted by Gasteiger charge is -1.98. The smallest absolute Gasteiger partial charge is 0.436 e. The van der Waals surface area contributed by atoms with Gasteiger partial charge in [0, 0.05) is 17.7 Å². The Morgan fingerprint density at radius 2 is 1.90 bits per heavy atom. The number of rotatable bonds is 3. The second kappa shape index (κ2) is 4.87. The molecular formula is C10H8F3N2O4S+. The molecule has 0 fully saturated rings. The number of oxazole rings is 1. The van der Waals surface area contributed by atoms with Gasteiger partial charge in [-0.1, -0.05) is 0 Å². The number of hydrogen-bond acceptors (Lipinski definition) is 4. The van der Waals surface area contributed by atoms with E-state index >= 15 is 0 Å². The molecule has 2 rings (SSSR count). The van der Waals surface area contributed by atoms with E-state index in [4.69, 9.17) is 8.97 Å². The number of alkyl halides is 3. The Morgan fingerprint density at radius 3 is 2.35 bits per heavy atom. The van der Waals surface area contributed by atoms with E-state index in [0.29, 0.717) is 6.26 Å². The minimum Gasteiger partial charge on any atom is -0.444 e. The molecule has 0 aliphatic carbocycles. The van der Waals surface area contributed by atoms with Gasteiger partial charge in [-0.25, -0.2) is 4.98 Å². The van der Waals surface area contributed by atoms with Crippen molar-refractivity contribution in [1.29, 1.82) is 0 Å². The molecular weight excluding hydrogens is 301 g/mol. The molecule has 0 aliphatic heterocycles. The molecule has 0 aliphatic rings. The van der Waals surface area contributed by atoms with Gasteiger partial charge < -0.3 is 4.42 Å². The minimum absolute atomic E-state index is 0.240. The van der Waals surface area contributed by atoms with Gasteiger partial charge in [0.1, 0.15) is 6.26 Å². The Balaban J connectivity index is 2.24. The third-order valence-corrected chi connectivity index (χ3v) is 2.87. The Labute approximate surface area is 111 Å². The fourth-order valence-electron chi connectivity index (χ4n) is 1.41. The number of hydrogen-bond donors (Lipinski definition) is 1. The average molecular weight is 309 g/mol. The van der Waals surface area contributed by atoms with Crippen LogP contribution < -0.4 is 4.57 Å². The van der Waals surface area contributed by atoms with Gasteiger partial charge >= 0.3 is 16.3 Å². The fraction of sp³-hybridized carbons (Fsp3) is 0.200. The zero-order valence-electron chi connectivity index (χ0n) is 9.70. The Bertz CT molecular complexity index is 707. The first kappa shape index (κ1) is 14.5. The van der Waals surface area contributed by atoms with E-state index in [9.17, 15) is 21.6 Å². The van der Waals surface area contributed by atoms with Crippen LogP contribution in [0.1, 0.15) is 5.69 Å². The molecule has 0 saturated heterocycles. The van der Waals surface area contributed by atoms with Crippen molar-refractivity contribution in [3.63, 3.8) is 0 Å². The van der Waals surface area contributed by atoms with Crippen LogP contribution in [0.3, 0.4) is 0 Å². The van der Waals surface area contributed by atoms with Crippen LogP contribution in [0.15, 0.2) is 35.2 Å². The van der Waals surface area contributed by atoms with Crippen molar-refractivity contribution in [2.75, 3.05) is 0 Å². The highest BCUT2D eigenvalue weighted by atomic mass is 32.2. The Morgan fingerprint density at radius 1 is 1.30 bits per heavy atom. The van der Waals surface area contributed by atoms with Crippen LogP contribution >= 0.6 is 0 Å². The maximum atomic E-state index is 12.3. The Hall–Kier alpha value is -1.94. The number of halogens is 3. The summed E-state index contributed by atoms with van der Waals surface area (Å²) in [7, 11) is -4.19. The average Bonchev–Trinajstić information content (AvgIpc) is 2.76. The third-order valence-electron chi connectivity index (χ3n) is 2.24. The maximum absolute atomic E-state index is 12.3. The van der Waals surface area contributed by atoms with Gasteiger partial charge in [0.2, 0.25) is 5.89 Å². The summed E-state index contributed by atoms with van der Waals surface area (Å²) < 4.78 is 72.8. The molecule has 2 aromatic heterocycles. The minimum atomic E-state index is -4.60. The molecule has 0 aromatic carbocycles. The molecule has 0 bridgehead atoms. The van der Waals surface area contributed by atoms with Crippen LogP contribution in [0.5, 0.6) is 0 Å². The van der Waals surface area contributed by atoms with E-state index in [1.165, 1.54) is 24.5 Å². The molecule has 0 atom stereocenters. The van der Waals surface area contributed by atoms with E-state index in [2.05, 4.69) is 4.98 Å². The largest absolute Gasteiger partial charge is 0.444 e. The van der Waals surface area contributed by atoms with E-state index < -0.39 is 27.9 Å². The fourth-order valence-corrected chi connectivity index (χ4v) is 1.96. The molecule has 108 valence electrons. The highest BCUT2D eigenvalue weighted by Gasteiger charge is 2.35. The molecule has 0 amide bonds. The first-order valence-corrected chi connectivity index (χ1v) is 6.73. The topological polar surface area (TPSA) is 84.3 Å². The van der Waals surface area contributed by atoms with Crippen molar-refractivity contribution in [1.82, 2.24) is 4.98 Å². The van der Waals surface area contributed by atoms with Crippen LogP contribution in [0.4, 0.5) is 13.2 Å². The molecule has 0 saturated carbocycles. The zero-order chi connectivity index (χ0) is 15.0. The maximum Gasteiger partial charge on any atom is 0.436 e. The van der Waals surface area contributed by atoms with E-state index in [0.717, 1.165) is 4.57 Å². The summed E-state index contributed by atoms with van der Waals surface area (Å²) in [5.41, 5.74) is -0.908. The summed E-state index contributed by atoms with van der Waals surface area (Å²) in [6.07, 6.45) is -1.57. The predicted molar refractivity (Wildman–Crippen MR) is 58.7 cm³/mol. The van der Waals surface area contributed by atoms with Gasteiger partial charge in [0.25, 0.3) is 5.88 Å². The van der Waals surface area contributed by atoms with Crippen molar-refractivity contribution >= 4 is 10.1 Å². The summed E-state index contributed by atoms with van der Waals surface area (Å²) in [6.45, 7) is 0. The molecule has 0 unspecified atom stereocenters. The van der Waals surface area contributed by atoms with Crippen molar-refractivity contribution in [3.8, 4) is 11.5 Å². The van der Waals surface area contributed by atoms with E-state index in [1.807, 2.05) is 0 Å². The molecule has 20 heavy (non-hydrogen) atoms. The molecule has 10 heteroatoms. The summed E-state index contributed by atoms with van der Waals surface area (Å²) in [4.78, 5) is 3.29. The van der Waals surface area contributed by atoms with Gasteiger partial charge in [0.05, 0.1) is 0 Å². The lowest BCUT2D eigenvalue weighted by Crippen LogP contribution is -2.36. The standard InChI is InChI=1S/C10H7F3N2O4S/c11-10(12,13)8-5-19-9(14-8)7-1-3-15(4-2-7)6-20(16,17)18/h1-5H,6H2/p+1. The van der Waals surface area contributed by atoms with Gasteiger partial charge in [-0.3, -0.25) is 4.55 Å². The second-order valence-electron chi connectivity index (χ2n) is 3.85. The Kier molecular flexibility index (Phi) is 3.52. The van der Waals surface area contributed by atoms with Gasteiger partial charge in [0.15, 0.2) is 18.1 Å². The summed E-state index contributed by atoms with van der Waals surface area (Å²) in [6, 6.07) is 2.63. The van der Waals surface area contributed by atoms with Crippen LogP contribution in [0.2, 0.25) is 0 Å². The number of aromatic nitrogens is 2. The molecule has 2 aromatic rings. The molecule has 0 spiro atoms. The second-order valence-corrected chi connectivity index (χ2v) is 5.27. The van der Waals surface area contributed by atoms with E-state index in [-0.39, 0.29) is 11.5 Å². The van der Waals surface area contributed by atoms with Crippen LogP contribution in [0.25, 0.3) is 11.5 Å². The highest BCUT2D eigenvalue weighted by Crippen LogP contribution is 2.30. The van der Waals surface area contributed by atoms with Crippen molar-refractivity contribution in [3.05, 3.63) is 36.5 Å². The summed E-state index contributed by atoms with van der Waals surface area (Å²) in [5, 5.41) is 0. The van der Waals surface area contributed by atoms with Gasteiger partial charge in [-0.2, -0.15) is 26.2 Å². The van der Waals surface area contributed by atoms with Crippen LogP contribution in [-0.4, -0.2) is 18.0 Å².